The van der Waals surface area contributed by atoms with Gasteiger partial charge in [0.15, 0.2) is 5.90 Å². The second-order valence-corrected chi connectivity index (χ2v) is 6.49. The van der Waals surface area contributed by atoms with Crippen molar-refractivity contribution in [3.8, 4) is 0 Å². The van der Waals surface area contributed by atoms with Gasteiger partial charge in [-0.3, -0.25) is 21.9 Å². The monoisotopic (exact) mass is 473 g/mol. The van der Waals surface area contributed by atoms with Crippen molar-refractivity contribution in [1.82, 2.24) is 0 Å². The molecule has 2 aromatic carbocycles. The number of esters is 3. The minimum atomic E-state index is -1.26. The summed E-state index contributed by atoms with van der Waals surface area (Å²) in [4.78, 5) is 58.4. The molecule has 2 aromatic rings. The number of carbonyl (C=O) groups excluding carboxylic acids is 3. The van der Waals surface area contributed by atoms with E-state index in [0.29, 0.717) is 0 Å². The van der Waals surface area contributed by atoms with Gasteiger partial charge in [0.2, 0.25) is 0 Å². The lowest BCUT2D eigenvalue weighted by Crippen LogP contribution is -2.19. The lowest BCUT2D eigenvalue weighted by Gasteiger charge is -2.11. The third-order valence-electron chi connectivity index (χ3n) is 4.26. The lowest BCUT2D eigenvalue weighted by atomic mass is 10.1. The van der Waals surface area contributed by atoms with Crippen LogP contribution in [0.15, 0.2) is 36.4 Å². The predicted octanol–water partition coefficient (Wildman–Crippen LogP) is 0.952. The number of rotatable bonds is 9. The molecule has 0 aliphatic heterocycles. The van der Waals surface area contributed by atoms with Gasteiger partial charge in [-0.2, -0.15) is 0 Å². The molecule has 0 heterocycles. The lowest BCUT2D eigenvalue weighted by molar-refractivity contribution is -0.137. The van der Waals surface area contributed by atoms with E-state index in [1.165, 1.54) is 0 Å². The van der Waals surface area contributed by atoms with Gasteiger partial charge in [0.1, 0.15) is 0 Å². The zero-order chi connectivity index (χ0) is 25.4. The van der Waals surface area contributed by atoms with Crippen molar-refractivity contribution >= 4 is 47.1 Å². The quantitative estimate of drug-likeness (QED) is 0.0670. The van der Waals surface area contributed by atoms with E-state index < -0.39 is 48.6 Å². The van der Waals surface area contributed by atoms with E-state index in [9.17, 15) is 24.0 Å². The molecule has 0 aliphatic carbocycles. The molecule has 0 aliphatic rings. The summed E-state index contributed by atoms with van der Waals surface area (Å²) in [6, 6.07) is 6.67. The number of aromatic carboxylic acids is 2. The highest BCUT2D eigenvalue weighted by Crippen LogP contribution is 2.20. The van der Waals surface area contributed by atoms with Gasteiger partial charge in [-0.05, 0) is 36.4 Å². The first-order valence-corrected chi connectivity index (χ1v) is 9.29. The van der Waals surface area contributed by atoms with Crippen LogP contribution in [0.5, 0.6) is 0 Å². The third-order valence-corrected chi connectivity index (χ3v) is 4.26. The normalized spacial score (nSPS) is 10.1. The number of carbonyl (C=O) groups is 5. The minimum absolute atomic E-state index is 0.0547. The van der Waals surface area contributed by atoms with Gasteiger partial charge in [0, 0.05) is 6.42 Å². The largest absolute Gasteiger partial charge is 0.478 e. The molecule has 0 amide bonds. The van der Waals surface area contributed by atoms with Crippen LogP contribution in [-0.2, 0) is 14.3 Å². The molecule has 0 fully saturated rings. The van der Waals surface area contributed by atoms with Gasteiger partial charge in [0.05, 0.1) is 40.0 Å². The van der Waals surface area contributed by atoms with E-state index in [-0.39, 0.29) is 33.6 Å². The molecule has 0 atom stereocenters. The molecule has 0 radical (unpaired) electrons. The fourth-order valence-electron chi connectivity index (χ4n) is 2.59. The first kappa shape index (κ1) is 25.4. The van der Waals surface area contributed by atoms with Crippen LogP contribution in [-0.4, -0.2) is 46.0 Å². The fourth-order valence-corrected chi connectivity index (χ4v) is 2.59. The Morgan fingerprint density at radius 3 is 1.62 bits per heavy atom. The Bertz CT molecular complexity index is 1090. The van der Waals surface area contributed by atoms with Crippen molar-refractivity contribution in [1.29, 1.82) is 5.41 Å². The van der Waals surface area contributed by atoms with Crippen LogP contribution >= 0.6 is 0 Å². The first-order chi connectivity index (χ1) is 16.1. The first-order valence-electron chi connectivity index (χ1n) is 9.29. The molecule has 0 saturated carbocycles. The van der Waals surface area contributed by atoms with E-state index in [0.717, 1.165) is 36.4 Å². The summed E-state index contributed by atoms with van der Waals surface area (Å²) in [6.45, 7) is 0. The van der Waals surface area contributed by atoms with Crippen LogP contribution in [0.3, 0.4) is 0 Å². The van der Waals surface area contributed by atoms with Crippen LogP contribution < -0.4 is 22.5 Å². The number of nitrogen functional groups attached to an aromatic ring is 2. The van der Waals surface area contributed by atoms with Crippen molar-refractivity contribution in [3.63, 3.8) is 0 Å². The van der Waals surface area contributed by atoms with Crippen LogP contribution in [0, 0.1) is 5.41 Å². The summed E-state index contributed by atoms with van der Waals surface area (Å²) >= 11 is 0. The Morgan fingerprint density at radius 2 is 1.21 bits per heavy atom. The summed E-state index contributed by atoms with van der Waals surface area (Å²) in [7, 11) is 0. The maximum Gasteiger partial charge on any atom is 0.347 e. The van der Waals surface area contributed by atoms with Crippen LogP contribution in [0.1, 0.15) is 54.3 Å². The van der Waals surface area contributed by atoms with Gasteiger partial charge >= 0.3 is 29.8 Å². The van der Waals surface area contributed by atoms with Crippen LogP contribution in [0.25, 0.3) is 0 Å². The number of benzene rings is 2. The zero-order valence-corrected chi connectivity index (χ0v) is 17.3. The molecule has 0 spiro atoms. The van der Waals surface area contributed by atoms with E-state index in [2.05, 4.69) is 15.6 Å². The number of nitrogens with two attached hydrogens (primary N) is 2. The van der Waals surface area contributed by atoms with E-state index in [1.54, 1.807) is 0 Å². The number of carboxylic acids is 2. The second-order valence-electron chi connectivity index (χ2n) is 6.49. The molecule has 0 unspecified atom stereocenters. The average molecular weight is 473 g/mol. The van der Waals surface area contributed by atoms with Gasteiger partial charge in [-0.1, -0.05) is 0 Å². The molecular weight excluding hydrogens is 454 g/mol. The maximum absolute atomic E-state index is 12.2. The highest BCUT2D eigenvalue weighted by Gasteiger charge is 2.21. The van der Waals surface area contributed by atoms with Gasteiger partial charge in [-0.25, -0.2) is 19.2 Å². The van der Waals surface area contributed by atoms with Gasteiger partial charge < -0.3 is 30.5 Å². The number of hydrazine groups is 2. The second kappa shape index (κ2) is 11.2. The summed E-state index contributed by atoms with van der Waals surface area (Å²) < 4.78 is 9.47. The Kier molecular flexibility index (Phi) is 8.35. The zero-order valence-electron chi connectivity index (χ0n) is 17.3. The van der Waals surface area contributed by atoms with Crippen molar-refractivity contribution < 1.29 is 43.7 Å². The SMILES string of the molecule is N=C(CCC(=O)OC(=O)c1ccc(C(=O)O)cc1NN)OC(=O)c1ccc(C(=O)O)cc1NN. The number of anilines is 2. The van der Waals surface area contributed by atoms with E-state index >= 15 is 0 Å². The van der Waals surface area contributed by atoms with E-state index in [4.69, 9.17) is 32.0 Å². The molecule has 0 saturated heterocycles. The van der Waals surface area contributed by atoms with Crippen molar-refractivity contribution in [2.45, 2.75) is 12.8 Å². The molecule has 0 bridgehead atoms. The number of hydrogen-bond donors (Lipinski definition) is 7. The molecule has 14 heteroatoms. The van der Waals surface area contributed by atoms with Crippen molar-refractivity contribution in [2.75, 3.05) is 10.9 Å². The van der Waals surface area contributed by atoms with Crippen molar-refractivity contribution in [3.05, 3.63) is 58.7 Å². The number of nitrogens with one attached hydrogen (secondary N) is 3. The fraction of sp³-hybridized carbons (Fsp3) is 0.100. The van der Waals surface area contributed by atoms with Gasteiger partial charge in [0.25, 0.3) is 0 Å². The third kappa shape index (κ3) is 6.35. The molecule has 2 rings (SSSR count). The maximum atomic E-state index is 12.2. The molecule has 178 valence electrons. The van der Waals surface area contributed by atoms with Crippen molar-refractivity contribution in [2.24, 2.45) is 11.7 Å². The Hall–Kier alpha value is -4.82. The van der Waals surface area contributed by atoms with Gasteiger partial charge in [-0.15, -0.1) is 0 Å². The average Bonchev–Trinajstić information content (AvgIpc) is 2.81. The summed E-state index contributed by atoms with van der Waals surface area (Å²) in [5, 5.41) is 25.7. The Morgan fingerprint density at radius 1 is 0.765 bits per heavy atom. The molecule has 14 nitrogen and oxygen atoms in total. The minimum Gasteiger partial charge on any atom is -0.478 e. The topological polar surface area (TPSA) is 244 Å². The van der Waals surface area contributed by atoms with E-state index in [1.807, 2.05) is 0 Å². The smallest absolute Gasteiger partial charge is 0.347 e. The Labute approximate surface area is 190 Å². The molecule has 9 N–H and O–H groups in total. The number of hydrogen-bond acceptors (Lipinski definition) is 12. The number of ether oxygens (including phenoxy) is 2. The van der Waals surface area contributed by atoms with Crippen LogP contribution in [0.4, 0.5) is 11.4 Å². The Balaban J connectivity index is 1.95. The molecule has 34 heavy (non-hydrogen) atoms. The molecular formula is C20H19N5O9. The number of carboxylic acid groups (broad SMARTS) is 2. The highest BCUT2D eigenvalue weighted by molar-refractivity contribution is 6.04. The standard InChI is InChI=1S/C20H19N5O9/c21-15(33-19(31)11-3-1-9(17(27)28)7-13(11)24-22)5-6-16(26)34-20(32)12-4-2-10(18(29)30)8-14(12)25-23/h1-4,7-8,21,24-25H,5-6,22-23H2,(H,27,28)(H,29,30). The summed E-state index contributed by atoms with van der Waals surface area (Å²) in [6.07, 6.45) is -0.910. The van der Waals surface area contributed by atoms with Crippen LogP contribution in [0.2, 0.25) is 0 Å². The highest BCUT2D eigenvalue weighted by atomic mass is 16.6. The predicted molar refractivity (Wildman–Crippen MR) is 115 cm³/mol. The summed E-state index contributed by atoms with van der Waals surface area (Å²) in [5.41, 5.74) is 3.51. The molecule has 0 aromatic heterocycles. The summed E-state index contributed by atoms with van der Waals surface area (Å²) in [5.74, 6) is 4.23.